The Morgan fingerprint density at radius 1 is 0.773 bits per heavy atom. The van der Waals surface area contributed by atoms with Gasteiger partial charge in [-0.3, -0.25) is 19.6 Å². The lowest BCUT2D eigenvalue weighted by Gasteiger charge is -2.35. The summed E-state index contributed by atoms with van der Waals surface area (Å²) in [5, 5.41) is 0.710. The Morgan fingerprint density at radius 2 is 1.30 bits per heavy atom. The van der Waals surface area contributed by atoms with Gasteiger partial charge < -0.3 is 24.0 Å². The summed E-state index contributed by atoms with van der Waals surface area (Å²) < 4.78 is 30.3. The van der Waals surface area contributed by atoms with Gasteiger partial charge in [0.1, 0.15) is 17.0 Å². The Morgan fingerprint density at radius 3 is 1.80 bits per heavy atom. The first kappa shape index (κ1) is 35.0. The molecular weight excluding hydrogens is 569 g/mol. The van der Waals surface area contributed by atoms with Crippen molar-refractivity contribution < 1.29 is 33.0 Å². The highest BCUT2D eigenvalue weighted by atomic mass is 19.1. The Hall–Kier alpha value is -3.51. The van der Waals surface area contributed by atoms with Crippen LogP contribution < -0.4 is 0 Å². The third-order valence-electron chi connectivity index (χ3n) is 6.80. The van der Waals surface area contributed by atoms with E-state index in [0.29, 0.717) is 69.8 Å². The molecule has 11 nitrogen and oxygen atoms in total. The van der Waals surface area contributed by atoms with Crippen molar-refractivity contribution in [3.05, 3.63) is 41.8 Å². The monoisotopic (exact) mass is 617 g/mol. The fraction of sp³-hybridized carbons (Fsp3) is 0.625. The summed E-state index contributed by atoms with van der Waals surface area (Å²) in [5.74, 6) is -0.690. The molecular formula is C32H48FN5O6. The topological polar surface area (TPSA) is 105 Å². The normalized spacial score (nSPS) is 16.6. The average molecular weight is 618 g/mol. The van der Waals surface area contributed by atoms with E-state index in [0.717, 1.165) is 5.69 Å². The third-order valence-corrected chi connectivity index (χ3v) is 6.80. The van der Waals surface area contributed by atoms with Crippen LogP contribution in [0.5, 0.6) is 0 Å². The number of benzene rings is 1. The molecule has 1 fully saturated rings. The molecule has 2 heterocycles. The number of carbonyl (C=O) groups excluding carboxylic acids is 3. The molecule has 0 aliphatic carbocycles. The summed E-state index contributed by atoms with van der Waals surface area (Å²) in [5.41, 5.74) is 0.121. The molecule has 2 aromatic rings. The average Bonchev–Trinajstić information content (AvgIpc) is 2.89. The number of rotatable bonds is 5. The standard InChI is InChI=1S/C32H48FN5O6/c1-8-42-28(39)23-36-15-19-37(29(40)43-31(2,3)4)17-13-35(14-18-38(20-16-36)30(41)44-32(5,6)7)22-26-11-9-24-21-25(33)10-12-27(24)34-26/h9-12,21H,8,13-20,22-23H2,1-7H3. The van der Waals surface area contributed by atoms with Gasteiger partial charge in [0.25, 0.3) is 0 Å². The first-order chi connectivity index (χ1) is 20.6. The second-order valence-electron chi connectivity index (χ2n) is 12.9. The van der Waals surface area contributed by atoms with Crippen molar-refractivity contribution in [1.82, 2.24) is 24.6 Å². The lowest BCUT2D eigenvalue weighted by atomic mass is 10.2. The number of amides is 2. The highest BCUT2D eigenvalue weighted by Gasteiger charge is 2.27. The SMILES string of the molecule is CCOC(=O)CN1CCN(C(=O)OC(C)(C)C)CCN(Cc2ccc3cc(F)ccc3n2)CCN(C(=O)OC(C)(C)C)CC1. The maximum absolute atomic E-state index is 13.7. The number of nitrogens with zero attached hydrogens (tertiary/aromatic N) is 5. The number of aromatic nitrogens is 1. The van der Waals surface area contributed by atoms with Gasteiger partial charge in [0.2, 0.25) is 0 Å². The van der Waals surface area contributed by atoms with Gasteiger partial charge in [-0.25, -0.2) is 14.0 Å². The van der Waals surface area contributed by atoms with Crippen LogP contribution >= 0.6 is 0 Å². The van der Waals surface area contributed by atoms with Crippen molar-refractivity contribution in [2.45, 2.75) is 66.2 Å². The summed E-state index contributed by atoms with van der Waals surface area (Å²) in [6.07, 6.45) is -0.876. The molecule has 244 valence electrons. The Balaban J connectivity index is 1.88. The number of esters is 1. The predicted octanol–water partition coefficient (Wildman–Crippen LogP) is 4.53. The molecule has 0 unspecified atom stereocenters. The summed E-state index contributed by atoms with van der Waals surface area (Å²) in [6.45, 7) is 16.5. The maximum Gasteiger partial charge on any atom is 0.410 e. The second-order valence-corrected chi connectivity index (χ2v) is 12.9. The molecule has 1 aliphatic rings. The Bertz CT molecular complexity index is 1230. The van der Waals surface area contributed by atoms with E-state index in [1.165, 1.54) is 12.1 Å². The van der Waals surface area contributed by atoms with Gasteiger partial charge in [-0.15, -0.1) is 0 Å². The van der Waals surface area contributed by atoms with E-state index in [9.17, 15) is 18.8 Å². The maximum atomic E-state index is 13.7. The van der Waals surface area contributed by atoms with Gasteiger partial charge in [0.05, 0.1) is 24.4 Å². The molecule has 0 N–H and O–H groups in total. The van der Waals surface area contributed by atoms with Crippen LogP contribution in [0, 0.1) is 5.82 Å². The van der Waals surface area contributed by atoms with Crippen molar-refractivity contribution in [2.75, 3.05) is 65.5 Å². The van der Waals surface area contributed by atoms with Crippen LogP contribution in [0.3, 0.4) is 0 Å². The molecule has 3 rings (SSSR count). The van der Waals surface area contributed by atoms with Gasteiger partial charge in [-0.1, -0.05) is 6.07 Å². The Kier molecular flexibility index (Phi) is 12.3. The van der Waals surface area contributed by atoms with Crippen LogP contribution in [0.2, 0.25) is 0 Å². The van der Waals surface area contributed by atoms with Gasteiger partial charge in [0.15, 0.2) is 0 Å². The van der Waals surface area contributed by atoms with Crippen LogP contribution in [-0.4, -0.2) is 119 Å². The van der Waals surface area contributed by atoms with Crippen LogP contribution in [0.15, 0.2) is 30.3 Å². The summed E-state index contributed by atoms with van der Waals surface area (Å²) in [6, 6.07) is 8.20. The first-order valence-electron chi connectivity index (χ1n) is 15.2. The van der Waals surface area contributed by atoms with Gasteiger partial charge in [0, 0.05) is 64.3 Å². The van der Waals surface area contributed by atoms with Crippen LogP contribution in [0.4, 0.5) is 14.0 Å². The van der Waals surface area contributed by atoms with Crippen molar-refractivity contribution in [2.24, 2.45) is 0 Å². The van der Waals surface area contributed by atoms with Gasteiger partial charge in [-0.05, 0) is 72.7 Å². The molecule has 0 bridgehead atoms. The molecule has 0 spiro atoms. The number of ether oxygens (including phenoxy) is 3. The molecule has 1 aromatic heterocycles. The van der Waals surface area contributed by atoms with E-state index in [1.807, 2.05) is 58.6 Å². The molecule has 0 radical (unpaired) electrons. The zero-order valence-electron chi connectivity index (χ0n) is 27.2. The third kappa shape index (κ3) is 11.9. The fourth-order valence-electron chi connectivity index (χ4n) is 4.68. The molecule has 12 heteroatoms. The van der Waals surface area contributed by atoms with E-state index in [1.54, 1.807) is 22.8 Å². The van der Waals surface area contributed by atoms with Crippen molar-refractivity contribution in [3.8, 4) is 0 Å². The molecule has 2 amide bonds. The van der Waals surface area contributed by atoms with Gasteiger partial charge >= 0.3 is 18.2 Å². The number of pyridine rings is 1. The molecule has 44 heavy (non-hydrogen) atoms. The largest absolute Gasteiger partial charge is 0.465 e. The van der Waals surface area contributed by atoms with Gasteiger partial charge in [-0.2, -0.15) is 0 Å². The molecule has 0 atom stereocenters. The molecule has 1 aliphatic heterocycles. The highest BCUT2D eigenvalue weighted by Crippen LogP contribution is 2.17. The number of halogens is 1. The minimum atomic E-state index is -0.673. The highest BCUT2D eigenvalue weighted by molar-refractivity contribution is 5.78. The summed E-state index contributed by atoms with van der Waals surface area (Å²) in [7, 11) is 0. The van der Waals surface area contributed by atoms with Crippen molar-refractivity contribution in [3.63, 3.8) is 0 Å². The van der Waals surface area contributed by atoms with Crippen LogP contribution in [0.1, 0.15) is 54.2 Å². The number of hydrogen-bond acceptors (Lipinski definition) is 9. The number of hydrogen-bond donors (Lipinski definition) is 0. The Labute approximate surface area is 260 Å². The molecule has 1 aromatic carbocycles. The predicted molar refractivity (Wildman–Crippen MR) is 166 cm³/mol. The van der Waals surface area contributed by atoms with E-state index in [4.69, 9.17) is 19.2 Å². The zero-order chi connectivity index (χ0) is 32.5. The number of carbonyl (C=O) groups is 3. The van der Waals surface area contributed by atoms with E-state index in [2.05, 4.69) is 4.90 Å². The van der Waals surface area contributed by atoms with E-state index >= 15 is 0 Å². The van der Waals surface area contributed by atoms with E-state index in [-0.39, 0.29) is 24.9 Å². The van der Waals surface area contributed by atoms with Crippen LogP contribution in [-0.2, 0) is 25.5 Å². The minimum Gasteiger partial charge on any atom is -0.465 e. The van der Waals surface area contributed by atoms with Crippen molar-refractivity contribution in [1.29, 1.82) is 0 Å². The molecule has 0 saturated carbocycles. The lowest BCUT2D eigenvalue weighted by molar-refractivity contribution is -0.144. The zero-order valence-corrected chi connectivity index (χ0v) is 27.2. The second kappa shape index (κ2) is 15.5. The molecule has 1 saturated heterocycles. The van der Waals surface area contributed by atoms with Crippen LogP contribution in [0.25, 0.3) is 10.9 Å². The quantitative estimate of drug-likeness (QED) is 0.354. The fourth-order valence-corrected chi connectivity index (χ4v) is 4.68. The number of fused-ring (bicyclic) bond motifs is 1. The summed E-state index contributed by atoms with van der Waals surface area (Å²) in [4.78, 5) is 50.9. The van der Waals surface area contributed by atoms with E-state index < -0.39 is 23.4 Å². The lowest BCUT2D eigenvalue weighted by Crippen LogP contribution is -2.50. The minimum absolute atomic E-state index is 0.0296. The first-order valence-corrected chi connectivity index (χ1v) is 15.2. The smallest absolute Gasteiger partial charge is 0.410 e. The summed E-state index contributed by atoms with van der Waals surface area (Å²) >= 11 is 0. The van der Waals surface area contributed by atoms with Crippen molar-refractivity contribution >= 4 is 29.1 Å².